The standard InChI is InChI=1S/C10H18O3/c1-5(2)7-6-3-10(6,4-11)9(13)8(7)12/h5-9,11-13H,3-4H2,1-2H3. The molecule has 3 N–H and O–H groups in total. The van der Waals surface area contributed by atoms with Gasteiger partial charge < -0.3 is 15.3 Å². The summed E-state index contributed by atoms with van der Waals surface area (Å²) in [6.45, 7) is 4.14. The van der Waals surface area contributed by atoms with Gasteiger partial charge in [0.2, 0.25) is 0 Å². The van der Waals surface area contributed by atoms with Gasteiger partial charge in [-0.15, -0.1) is 0 Å². The van der Waals surface area contributed by atoms with Crippen LogP contribution < -0.4 is 0 Å². The Morgan fingerprint density at radius 1 is 1.38 bits per heavy atom. The van der Waals surface area contributed by atoms with Crippen molar-refractivity contribution in [3.63, 3.8) is 0 Å². The van der Waals surface area contributed by atoms with E-state index in [1.54, 1.807) is 0 Å². The van der Waals surface area contributed by atoms with Crippen LogP contribution in [0, 0.1) is 23.2 Å². The molecule has 2 aliphatic carbocycles. The first-order valence-electron chi connectivity index (χ1n) is 5.01. The predicted octanol–water partition coefficient (Wildman–Crippen LogP) is -0.00740. The molecule has 0 aromatic carbocycles. The fraction of sp³-hybridized carbons (Fsp3) is 1.00. The van der Waals surface area contributed by atoms with E-state index in [1.165, 1.54) is 0 Å². The summed E-state index contributed by atoms with van der Waals surface area (Å²) in [6, 6.07) is 0. The number of rotatable bonds is 2. The van der Waals surface area contributed by atoms with E-state index in [2.05, 4.69) is 13.8 Å². The Kier molecular flexibility index (Phi) is 1.95. The molecule has 2 aliphatic rings. The fourth-order valence-corrected chi connectivity index (χ4v) is 3.13. The van der Waals surface area contributed by atoms with Crippen molar-refractivity contribution < 1.29 is 15.3 Å². The molecule has 3 nitrogen and oxygen atoms in total. The summed E-state index contributed by atoms with van der Waals surface area (Å²) in [4.78, 5) is 0. The molecule has 2 saturated carbocycles. The molecule has 2 fully saturated rings. The van der Waals surface area contributed by atoms with Crippen LogP contribution in [0.1, 0.15) is 20.3 Å². The molecule has 0 radical (unpaired) electrons. The Hall–Kier alpha value is -0.120. The van der Waals surface area contributed by atoms with Gasteiger partial charge in [-0.1, -0.05) is 13.8 Å². The van der Waals surface area contributed by atoms with Gasteiger partial charge in [-0.3, -0.25) is 0 Å². The van der Waals surface area contributed by atoms with Crippen LogP contribution in [0.2, 0.25) is 0 Å². The fourth-order valence-electron chi connectivity index (χ4n) is 3.13. The van der Waals surface area contributed by atoms with Gasteiger partial charge in [0.05, 0.1) is 18.8 Å². The van der Waals surface area contributed by atoms with Crippen LogP contribution in [0.4, 0.5) is 0 Å². The van der Waals surface area contributed by atoms with E-state index in [-0.39, 0.29) is 17.9 Å². The van der Waals surface area contributed by atoms with Gasteiger partial charge in [0.15, 0.2) is 0 Å². The van der Waals surface area contributed by atoms with E-state index in [0.717, 1.165) is 6.42 Å². The molecule has 76 valence electrons. The summed E-state index contributed by atoms with van der Waals surface area (Å²) in [7, 11) is 0. The minimum atomic E-state index is -0.713. The summed E-state index contributed by atoms with van der Waals surface area (Å²) >= 11 is 0. The van der Waals surface area contributed by atoms with E-state index in [0.29, 0.717) is 11.8 Å². The third kappa shape index (κ3) is 1.01. The van der Waals surface area contributed by atoms with Crippen LogP contribution in [0.25, 0.3) is 0 Å². The number of fused-ring (bicyclic) bond motifs is 1. The SMILES string of the molecule is CC(C)C1C(O)C(O)C2(CO)CC12. The molecule has 0 aromatic heterocycles. The van der Waals surface area contributed by atoms with Crippen molar-refractivity contribution >= 4 is 0 Å². The lowest BCUT2D eigenvalue weighted by molar-refractivity contribution is -0.0389. The van der Waals surface area contributed by atoms with Crippen molar-refractivity contribution in [1.29, 1.82) is 0 Å². The van der Waals surface area contributed by atoms with Crippen LogP contribution in [0.15, 0.2) is 0 Å². The topological polar surface area (TPSA) is 60.7 Å². The Balaban J connectivity index is 2.19. The number of aliphatic hydroxyl groups excluding tert-OH is 3. The quantitative estimate of drug-likeness (QED) is 0.568. The molecule has 0 spiro atoms. The Bertz CT molecular complexity index is 216. The molecule has 2 rings (SSSR count). The monoisotopic (exact) mass is 186 g/mol. The molecule has 0 aliphatic heterocycles. The molecule has 0 aromatic rings. The van der Waals surface area contributed by atoms with Crippen LogP contribution in [0.3, 0.4) is 0 Å². The molecule has 0 saturated heterocycles. The van der Waals surface area contributed by atoms with Crippen molar-refractivity contribution in [2.24, 2.45) is 23.2 Å². The molecular formula is C10H18O3. The molecular weight excluding hydrogens is 168 g/mol. The van der Waals surface area contributed by atoms with Crippen LogP contribution in [-0.2, 0) is 0 Å². The van der Waals surface area contributed by atoms with Crippen molar-refractivity contribution in [3.8, 4) is 0 Å². The zero-order valence-electron chi connectivity index (χ0n) is 8.14. The Morgan fingerprint density at radius 3 is 2.31 bits per heavy atom. The Morgan fingerprint density at radius 2 is 2.00 bits per heavy atom. The maximum Gasteiger partial charge on any atom is 0.0882 e. The van der Waals surface area contributed by atoms with E-state index in [4.69, 9.17) is 0 Å². The lowest BCUT2D eigenvalue weighted by atomic mass is 9.88. The van der Waals surface area contributed by atoms with E-state index in [1.807, 2.05) is 0 Å². The molecule has 0 amide bonds. The smallest absolute Gasteiger partial charge is 0.0882 e. The highest BCUT2D eigenvalue weighted by atomic mass is 16.3. The molecule has 5 atom stereocenters. The molecule has 5 unspecified atom stereocenters. The van der Waals surface area contributed by atoms with E-state index in [9.17, 15) is 15.3 Å². The van der Waals surface area contributed by atoms with Crippen molar-refractivity contribution in [2.45, 2.75) is 32.5 Å². The van der Waals surface area contributed by atoms with Crippen molar-refractivity contribution in [1.82, 2.24) is 0 Å². The predicted molar refractivity (Wildman–Crippen MR) is 48.0 cm³/mol. The lowest BCUT2D eigenvalue weighted by Crippen LogP contribution is -2.36. The summed E-state index contributed by atoms with van der Waals surface area (Å²) in [5.74, 6) is 0.884. The minimum Gasteiger partial charge on any atom is -0.396 e. The average molecular weight is 186 g/mol. The van der Waals surface area contributed by atoms with Crippen LogP contribution >= 0.6 is 0 Å². The highest BCUT2D eigenvalue weighted by Crippen LogP contribution is 2.67. The summed E-state index contributed by atoms with van der Waals surface area (Å²) in [6.07, 6.45) is -0.467. The third-order valence-corrected chi connectivity index (χ3v) is 4.01. The van der Waals surface area contributed by atoms with Crippen molar-refractivity contribution in [3.05, 3.63) is 0 Å². The maximum absolute atomic E-state index is 9.77. The van der Waals surface area contributed by atoms with Gasteiger partial charge >= 0.3 is 0 Å². The molecule has 0 heterocycles. The van der Waals surface area contributed by atoms with Gasteiger partial charge in [-0.25, -0.2) is 0 Å². The second kappa shape index (κ2) is 2.69. The van der Waals surface area contributed by atoms with Gasteiger partial charge in [-0.05, 0) is 24.2 Å². The third-order valence-electron chi connectivity index (χ3n) is 4.01. The summed E-state index contributed by atoms with van der Waals surface area (Å²) in [5.41, 5.74) is -0.353. The van der Waals surface area contributed by atoms with E-state index < -0.39 is 12.2 Å². The molecule has 0 bridgehead atoms. The molecule has 13 heavy (non-hydrogen) atoms. The van der Waals surface area contributed by atoms with Gasteiger partial charge in [0, 0.05) is 5.41 Å². The molecule has 3 heteroatoms. The minimum absolute atomic E-state index is 0.0130. The highest BCUT2D eigenvalue weighted by Gasteiger charge is 2.70. The summed E-state index contributed by atoms with van der Waals surface area (Å²) < 4.78 is 0. The average Bonchev–Trinajstić information content (AvgIpc) is 2.74. The zero-order chi connectivity index (χ0) is 9.80. The van der Waals surface area contributed by atoms with Gasteiger partial charge in [0.1, 0.15) is 0 Å². The first-order chi connectivity index (χ1) is 6.04. The van der Waals surface area contributed by atoms with Gasteiger partial charge in [-0.2, -0.15) is 0 Å². The normalized spacial score (nSPS) is 54.0. The van der Waals surface area contributed by atoms with Gasteiger partial charge in [0.25, 0.3) is 0 Å². The number of hydrogen-bond acceptors (Lipinski definition) is 3. The highest BCUT2D eigenvalue weighted by molar-refractivity contribution is 5.18. The first kappa shape index (κ1) is 9.44. The second-order valence-corrected chi connectivity index (χ2v) is 4.96. The number of hydrogen-bond donors (Lipinski definition) is 3. The number of aliphatic hydroxyl groups is 3. The van der Waals surface area contributed by atoms with Crippen LogP contribution in [0.5, 0.6) is 0 Å². The Labute approximate surface area is 78.4 Å². The maximum atomic E-state index is 9.77. The lowest BCUT2D eigenvalue weighted by Gasteiger charge is -2.24. The van der Waals surface area contributed by atoms with E-state index >= 15 is 0 Å². The first-order valence-corrected chi connectivity index (χ1v) is 5.01. The van der Waals surface area contributed by atoms with Crippen molar-refractivity contribution in [2.75, 3.05) is 6.61 Å². The summed E-state index contributed by atoms with van der Waals surface area (Å²) in [5, 5.41) is 28.7. The zero-order valence-corrected chi connectivity index (χ0v) is 8.14. The van der Waals surface area contributed by atoms with Crippen LogP contribution in [-0.4, -0.2) is 34.1 Å². The second-order valence-electron chi connectivity index (χ2n) is 4.96. The largest absolute Gasteiger partial charge is 0.396 e.